The van der Waals surface area contributed by atoms with Crippen molar-refractivity contribution in [1.82, 2.24) is 24.9 Å². The summed E-state index contributed by atoms with van der Waals surface area (Å²) in [7, 11) is -1.91. The number of piperazine rings is 1. The van der Waals surface area contributed by atoms with Gasteiger partial charge in [0.05, 0.1) is 12.0 Å². The average Bonchev–Trinajstić information content (AvgIpc) is 3.18. The Morgan fingerprint density at radius 2 is 2.00 bits per heavy atom. The van der Waals surface area contributed by atoms with Gasteiger partial charge in [-0.2, -0.15) is 4.98 Å². The third-order valence-electron chi connectivity index (χ3n) is 4.93. The third-order valence-corrected chi connectivity index (χ3v) is 7.22. The number of halogens is 1. The molecule has 0 aliphatic carbocycles. The Bertz CT molecular complexity index is 1280. The molecule has 1 aliphatic rings. The van der Waals surface area contributed by atoms with Crippen LogP contribution in [-0.4, -0.2) is 79.0 Å². The molecule has 3 heterocycles. The highest BCUT2D eigenvalue weighted by Crippen LogP contribution is 2.29. The molecule has 33 heavy (non-hydrogen) atoms. The summed E-state index contributed by atoms with van der Waals surface area (Å²) in [4.78, 5) is 33.0. The molecule has 0 radical (unpaired) electrons. The maximum Gasteiger partial charge on any atom is 0.432 e. The van der Waals surface area contributed by atoms with Crippen molar-refractivity contribution >= 4 is 54.3 Å². The first-order valence-electron chi connectivity index (χ1n) is 9.83. The Balaban J connectivity index is 1.31. The molecular formula is C19H21ClN6O5S2. The summed E-state index contributed by atoms with van der Waals surface area (Å²) in [6.07, 6.45) is 1.87. The minimum atomic E-state index is -3.40. The number of anilines is 1. The fourth-order valence-electron chi connectivity index (χ4n) is 3.39. The van der Waals surface area contributed by atoms with Gasteiger partial charge in [0, 0.05) is 44.0 Å². The predicted octanol–water partition coefficient (Wildman–Crippen LogP) is 2.43. The molecule has 3 aromatic rings. The zero-order valence-corrected chi connectivity index (χ0v) is 20.2. The summed E-state index contributed by atoms with van der Waals surface area (Å²) in [5.74, 6) is 0.327. The summed E-state index contributed by atoms with van der Waals surface area (Å²) in [6.45, 7) is 2.57. The van der Waals surface area contributed by atoms with E-state index < -0.39 is 15.9 Å². The smallest absolute Gasteiger partial charge is 0.432 e. The van der Waals surface area contributed by atoms with E-state index in [2.05, 4.69) is 25.2 Å². The van der Waals surface area contributed by atoms with E-state index in [9.17, 15) is 13.2 Å². The summed E-state index contributed by atoms with van der Waals surface area (Å²) >= 11 is 7.16. The molecule has 2 aromatic heterocycles. The summed E-state index contributed by atoms with van der Waals surface area (Å²) in [5, 5.41) is 4.85. The van der Waals surface area contributed by atoms with Gasteiger partial charge in [0.15, 0.2) is 25.3 Å². The van der Waals surface area contributed by atoms with Crippen molar-refractivity contribution < 1.29 is 22.8 Å². The van der Waals surface area contributed by atoms with Crippen LogP contribution in [0.1, 0.15) is 5.56 Å². The first-order valence-corrected chi connectivity index (χ1v) is 12.9. The fourth-order valence-corrected chi connectivity index (χ4v) is 5.36. The third kappa shape index (κ3) is 5.68. The second-order valence-corrected chi connectivity index (χ2v) is 10.7. The largest absolute Gasteiger partial charge is 0.479 e. The molecule has 1 aliphatic heterocycles. The van der Waals surface area contributed by atoms with Crippen LogP contribution in [0.4, 0.5) is 9.93 Å². The molecular weight excluding hydrogens is 492 g/mol. The molecule has 0 bridgehead atoms. The second-order valence-electron chi connectivity index (χ2n) is 7.29. The van der Waals surface area contributed by atoms with E-state index in [0.717, 1.165) is 0 Å². The number of nitrogens with one attached hydrogen (secondary N) is 1. The summed E-state index contributed by atoms with van der Waals surface area (Å²) < 4.78 is 29.3. The van der Waals surface area contributed by atoms with Crippen LogP contribution in [0.25, 0.3) is 10.3 Å². The van der Waals surface area contributed by atoms with Gasteiger partial charge in [-0.05, 0) is 17.7 Å². The zero-order valence-electron chi connectivity index (χ0n) is 17.8. The van der Waals surface area contributed by atoms with E-state index in [-0.39, 0.29) is 4.90 Å². The van der Waals surface area contributed by atoms with Crippen molar-refractivity contribution in [2.75, 3.05) is 44.9 Å². The van der Waals surface area contributed by atoms with Gasteiger partial charge in [-0.15, -0.1) is 5.06 Å². The van der Waals surface area contributed by atoms with E-state index in [4.69, 9.17) is 21.2 Å². The van der Waals surface area contributed by atoms with E-state index >= 15 is 0 Å². The predicted molar refractivity (Wildman–Crippen MR) is 123 cm³/mol. The van der Waals surface area contributed by atoms with Gasteiger partial charge in [-0.1, -0.05) is 29.0 Å². The van der Waals surface area contributed by atoms with E-state index in [1.54, 1.807) is 17.2 Å². The van der Waals surface area contributed by atoms with Gasteiger partial charge in [0.2, 0.25) is 5.88 Å². The van der Waals surface area contributed by atoms with E-state index in [1.165, 1.54) is 37.1 Å². The van der Waals surface area contributed by atoms with Crippen LogP contribution in [0.15, 0.2) is 29.4 Å². The lowest BCUT2D eigenvalue weighted by Gasteiger charge is -2.33. The van der Waals surface area contributed by atoms with Gasteiger partial charge < -0.3 is 9.57 Å². The number of thiazole rings is 1. The van der Waals surface area contributed by atoms with Crippen LogP contribution in [0, 0.1) is 0 Å². The number of hydrogen-bond donors (Lipinski definition) is 1. The van der Waals surface area contributed by atoms with Crippen molar-refractivity contribution in [1.29, 1.82) is 0 Å². The van der Waals surface area contributed by atoms with E-state index in [0.29, 0.717) is 64.7 Å². The number of rotatable bonds is 6. The van der Waals surface area contributed by atoms with Crippen LogP contribution in [0.3, 0.4) is 0 Å². The number of carbonyl (C=O) groups excluding carboxylic acids is 1. The molecule has 0 atom stereocenters. The van der Waals surface area contributed by atoms with Gasteiger partial charge in [0.25, 0.3) is 0 Å². The van der Waals surface area contributed by atoms with Crippen LogP contribution >= 0.6 is 22.9 Å². The number of methoxy groups -OCH3 is 1. The summed E-state index contributed by atoms with van der Waals surface area (Å²) in [5.41, 5.74) is 1.15. The number of benzene rings is 1. The molecule has 11 nitrogen and oxygen atoms in total. The highest BCUT2D eigenvalue weighted by atomic mass is 35.5. The Morgan fingerprint density at radius 1 is 1.24 bits per heavy atom. The topological polar surface area (TPSA) is 127 Å². The molecule has 4 rings (SSSR count). The van der Waals surface area contributed by atoms with Crippen LogP contribution in [-0.2, 0) is 21.2 Å². The molecule has 0 saturated carbocycles. The van der Waals surface area contributed by atoms with Crippen LogP contribution < -0.4 is 10.1 Å². The minimum Gasteiger partial charge on any atom is -0.479 e. The highest BCUT2D eigenvalue weighted by molar-refractivity contribution is 7.90. The molecule has 176 valence electrons. The van der Waals surface area contributed by atoms with Crippen molar-refractivity contribution in [3.63, 3.8) is 0 Å². The Morgan fingerprint density at radius 3 is 2.70 bits per heavy atom. The number of hydrogen-bond acceptors (Lipinski definition) is 11. The van der Waals surface area contributed by atoms with Gasteiger partial charge in [0.1, 0.15) is 6.33 Å². The standard InChI is InChI=1S/C19H21ClN6O5S2/c1-30-16-15-17(22-11-21-16)32-18(23-15)24-19(27)31-26-7-5-25(6-8-26)10-12-3-4-13(20)9-14(12)33(2,28)29/h3-4,9,11H,5-8,10H2,1-2H3,(H,23,24,27). The van der Waals surface area contributed by atoms with Crippen LogP contribution in [0.5, 0.6) is 5.88 Å². The molecule has 1 N–H and O–H groups in total. The number of amides is 1. The number of nitrogens with zero attached hydrogens (tertiary/aromatic N) is 5. The number of ether oxygens (including phenoxy) is 1. The normalized spacial score (nSPS) is 15.5. The molecule has 0 spiro atoms. The minimum absolute atomic E-state index is 0.227. The van der Waals surface area contributed by atoms with Crippen molar-refractivity contribution in [2.45, 2.75) is 11.4 Å². The lowest BCUT2D eigenvalue weighted by molar-refractivity contribution is -0.119. The molecule has 1 fully saturated rings. The van der Waals surface area contributed by atoms with Crippen LogP contribution in [0.2, 0.25) is 5.02 Å². The number of carbonyl (C=O) groups is 1. The SMILES string of the molecule is COc1ncnc2sc(NC(=O)ON3CCN(Cc4ccc(Cl)cc4S(C)(=O)=O)CC3)nc12. The molecule has 14 heteroatoms. The quantitative estimate of drug-likeness (QED) is 0.526. The summed E-state index contributed by atoms with van der Waals surface area (Å²) in [6, 6.07) is 4.88. The molecule has 1 amide bonds. The fraction of sp³-hybridized carbons (Fsp3) is 0.368. The monoisotopic (exact) mass is 512 g/mol. The number of sulfone groups is 1. The maximum atomic E-state index is 12.3. The first kappa shape index (κ1) is 23.6. The number of aromatic nitrogens is 3. The van der Waals surface area contributed by atoms with Gasteiger partial charge in [-0.25, -0.2) is 23.2 Å². The Hall–Kier alpha value is -2.58. The first-order chi connectivity index (χ1) is 15.7. The van der Waals surface area contributed by atoms with Gasteiger partial charge in [-0.3, -0.25) is 10.2 Å². The molecule has 0 unspecified atom stereocenters. The lowest BCUT2D eigenvalue weighted by atomic mass is 10.2. The van der Waals surface area contributed by atoms with Crippen molar-refractivity contribution in [3.8, 4) is 5.88 Å². The number of hydroxylamine groups is 2. The number of fused-ring (bicyclic) bond motifs is 1. The molecule has 1 aromatic carbocycles. The lowest BCUT2D eigenvalue weighted by Crippen LogP contribution is -2.47. The Kier molecular flexibility index (Phi) is 6.95. The molecule has 1 saturated heterocycles. The highest BCUT2D eigenvalue weighted by Gasteiger charge is 2.23. The van der Waals surface area contributed by atoms with Crippen molar-refractivity contribution in [2.24, 2.45) is 0 Å². The zero-order chi connectivity index (χ0) is 23.6. The van der Waals surface area contributed by atoms with Gasteiger partial charge >= 0.3 is 6.09 Å². The second kappa shape index (κ2) is 9.73. The average molecular weight is 513 g/mol. The van der Waals surface area contributed by atoms with Crippen molar-refractivity contribution in [3.05, 3.63) is 35.1 Å². The maximum absolute atomic E-state index is 12.3. The van der Waals surface area contributed by atoms with E-state index in [1.807, 2.05) is 0 Å². The Labute approximate surface area is 199 Å².